The van der Waals surface area contributed by atoms with Gasteiger partial charge in [-0.1, -0.05) is 343 Å². The summed E-state index contributed by atoms with van der Waals surface area (Å²) in [5.74, 6) is 0.649. The highest BCUT2D eigenvalue weighted by atomic mass is 79.9. The highest BCUT2D eigenvalue weighted by molar-refractivity contribution is 9.10. The zero-order chi connectivity index (χ0) is 77.1. The first-order chi connectivity index (χ1) is 55.8. The van der Waals surface area contributed by atoms with Crippen molar-refractivity contribution < 1.29 is 9.68 Å². The topological polar surface area (TPSA) is 39.3 Å². The highest BCUT2D eigenvalue weighted by Crippen LogP contribution is 2.62. The van der Waals surface area contributed by atoms with Gasteiger partial charge in [0, 0.05) is 37.4 Å². The van der Waals surface area contributed by atoms with E-state index in [1.807, 2.05) is 24.3 Å². The zero-order valence-corrected chi connectivity index (χ0v) is 65.9. The molecule has 2 aliphatic carbocycles. The Morgan fingerprint density at radius 2 is 0.579 bits per heavy atom. The van der Waals surface area contributed by atoms with Gasteiger partial charge in [-0.3, -0.25) is 0 Å². The summed E-state index contributed by atoms with van der Waals surface area (Å²) >= 11 is 3.80. The van der Waals surface area contributed by atoms with Crippen molar-refractivity contribution >= 4 is 110 Å². The number of rotatable bonds is 9. The molecule has 6 heteroatoms. The van der Waals surface area contributed by atoms with E-state index in [4.69, 9.17) is 9.68 Å². The van der Waals surface area contributed by atoms with Crippen LogP contribution in [0.1, 0.15) is 52.7 Å². The van der Waals surface area contributed by atoms with E-state index < -0.39 is 0 Å². The minimum atomic E-state index is 0.108. The number of fused-ring (bicyclic) bond motifs is 16. The van der Waals surface area contributed by atoms with Gasteiger partial charge in [0.1, 0.15) is 0 Å². The molecule has 2 aliphatic rings. The van der Waals surface area contributed by atoms with Crippen LogP contribution >= 0.6 is 15.9 Å². The number of aromatic nitrogens is 2. The van der Waals surface area contributed by atoms with Crippen LogP contribution < -0.4 is 4.65 Å². The molecule has 0 bridgehead atoms. The standard InChI is InChI=1S/C54H39N.C44H26BrN.C10H14BO2/c1-54(2,3)38-29-26-34(27-30-38)37-28-31-46-44(32-37)51-42-24-15-25-43-50(42)45(33-47(51)55(46)39-20-11-6-12-21-39)53-49(36-18-9-5-10-19-36)41-23-14-13-22-40(41)48(52(43)53)35-16-7-4-8-17-35;45-29-23-24-37-35(25-29)42-33-21-12-22-34-41(33)36(26-38(42)46(37)30-17-8-3-9-18-30)44-40(28-15-6-2-7-16-28)32-20-11-10-19-31(32)39(43(34)44)27-13-4-1-5-14-27;1-10(2,3)8-4-6-9(7-5-8)13-11-12/h4-33H,1-3H3;1-26H;4-7,12H,1-3H3. The molecule has 1 N–H and O–H groups in total. The van der Waals surface area contributed by atoms with Crippen molar-refractivity contribution in [1.82, 2.24) is 9.13 Å². The predicted octanol–water partition coefficient (Wildman–Crippen LogP) is 29.8. The molecule has 0 unspecified atom stereocenters. The average Bonchev–Trinajstić information content (AvgIpc) is 1.53. The van der Waals surface area contributed by atoms with Gasteiger partial charge in [0.15, 0.2) is 0 Å². The van der Waals surface area contributed by atoms with E-state index in [9.17, 15) is 0 Å². The Labute approximate surface area is 673 Å². The molecule has 0 atom stereocenters. The van der Waals surface area contributed by atoms with Gasteiger partial charge in [0.25, 0.3) is 0 Å². The maximum atomic E-state index is 8.40. The molecule has 0 saturated carbocycles. The van der Waals surface area contributed by atoms with Crippen molar-refractivity contribution in [2.45, 2.75) is 52.4 Å². The Morgan fingerprint density at radius 3 is 0.956 bits per heavy atom. The van der Waals surface area contributed by atoms with Gasteiger partial charge in [-0.15, -0.1) is 0 Å². The van der Waals surface area contributed by atoms with Crippen LogP contribution in [0.25, 0.3) is 198 Å². The summed E-state index contributed by atoms with van der Waals surface area (Å²) in [7, 11) is 0.687. The number of benzene rings is 18. The van der Waals surface area contributed by atoms with E-state index >= 15 is 0 Å². The largest absolute Gasteiger partial charge is 0.569 e. The Bertz CT molecular complexity index is 7190. The first-order valence-corrected chi connectivity index (χ1v) is 40.2. The second kappa shape index (κ2) is 28.0. The summed E-state index contributed by atoms with van der Waals surface area (Å²) in [4.78, 5) is 0. The predicted molar refractivity (Wildman–Crippen MR) is 488 cm³/mol. The molecule has 20 aromatic rings. The molecule has 0 amide bonds. The van der Waals surface area contributed by atoms with Gasteiger partial charge in [-0.05, 0) is 244 Å². The molecule has 18 aromatic carbocycles. The van der Waals surface area contributed by atoms with Crippen molar-refractivity contribution in [3.63, 3.8) is 0 Å². The second-order valence-electron chi connectivity index (χ2n) is 32.2. The van der Waals surface area contributed by atoms with Gasteiger partial charge in [-0.25, -0.2) is 0 Å². The van der Waals surface area contributed by atoms with E-state index in [1.165, 1.54) is 198 Å². The lowest BCUT2D eigenvalue weighted by molar-refractivity contribution is 0.453. The van der Waals surface area contributed by atoms with Crippen LogP contribution in [0.4, 0.5) is 0 Å². The van der Waals surface area contributed by atoms with Crippen LogP contribution in [-0.4, -0.2) is 21.8 Å². The van der Waals surface area contributed by atoms with Gasteiger partial charge in [0.2, 0.25) is 0 Å². The second-order valence-corrected chi connectivity index (χ2v) is 33.1. The van der Waals surface area contributed by atoms with Crippen LogP contribution in [0, 0.1) is 0 Å². The monoisotopic (exact) mass is 1530 g/mol. The molecule has 114 heavy (non-hydrogen) atoms. The molecule has 0 spiro atoms. The SMILES string of the molecule is Brc1ccc2c(c1)c1c3cccc4c3c(cc1n2-c1ccccc1)-c1c-4c(-c2ccccc2)c2ccccc2c1-c1ccccc1.CC(C)(C)c1ccc(-c2ccc3c(c2)c2c4cccc5c4c(cc2n3-c2ccccc2)-c2c-5c(-c3ccccc3)c3ccccc3c2-c2ccccc2)cc1.CC(C)(C)c1ccc(O[B]O)cc1. The van der Waals surface area contributed by atoms with Crippen LogP contribution in [0.5, 0.6) is 5.75 Å². The molecular formula is C108H79BBrN2O2. The third-order valence-electron chi connectivity index (χ3n) is 23.5. The van der Waals surface area contributed by atoms with Crippen LogP contribution in [0.2, 0.25) is 0 Å². The number of hydrogen-bond donors (Lipinski definition) is 1. The number of nitrogens with zero attached hydrogens (tertiary/aromatic N) is 2. The molecular weight excluding hydrogens is 1450 g/mol. The molecule has 0 aliphatic heterocycles. The first-order valence-electron chi connectivity index (χ1n) is 39.4. The summed E-state index contributed by atoms with van der Waals surface area (Å²) in [6.07, 6.45) is 0. The summed E-state index contributed by atoms with van der Waals surface area (Å²) < 4.78 is 10.8. The maximum Gasteiger partial charge on any atom is 0.569 e. The average molecular weight is 1530 g/mol. The van der Waals surface area contributed by atoms with E-state index in [-0.39, 0.29) is 10.8 Å². The lowest BCUT2D eigenvalue weighted by Gasteiger charge is -2.20. The third-order valence-corrected chi connectivity index (χ3v) is 24.0. The Morgan fingerprint density at radius 1 is 0.254 bits per heavy atom. The molecule has 0 fully saturated rings. The van der Waals surface area contributed by atoms with Gasteiger partial charge in [0.05, 0.1) is 27.8 Å². The Hall–Kier alpha value is -13.1. The molecule has 0 saturated heterocycles. The maximum absolute atomic E-state index is 8.40. The van der Waals surface area contributed by atoms with Crippen molar-refractivity contribution in [3.05, 3.63) is 380 Å². The lowest BCUT2D eigenvalue weighted by Crippen LogP contribution is -2.10. The molecule has 543 valence electrons. The molecule has 2 heterocycles. The lowest BCUT2D eigenvalue weighted by atomic mass is 9.82. The first kappa shape index (κ1) is 70.1. The van der Waals surface area contributed by atoms with E-state index in [1.54, 1.807) is 0 Å². The zero-order valence-electron chi connectivity index (χ0n) is 64.3. The number of para-hydroxylation sites is 2. The summed E-state index contributed by atoms with van der Waals surface area (Å²) in [6, 6.07) is 133. The van der Waals surface area contributed by atoms with Crippen LogP contribution in [-0.2, 0) is 10.8 Å². The smallest absolute Gasteiger partial charge is 0.537 e. The summed E-state index contributed by atoms with van der Waals surface area (Å²) in [6.45, 7) is 13.3. The van der Waals surface area contributed by atoms with Crippen molar-refractivity contribution in [1.29, 1.82) is 0 Å². The van der Waals surface area contributed by atoms with E-state index in [0.717, 1.165) is 15.8 Å². The Kier molecular flexibility index (Phi) is 17.2. The number of hydrogen-bond acceptors (Lipinski definition) is 2. The highest BCUT2D eigenvalue weighted by Gasteiger charge is 2.35. The fraction of sp³-hybridized carbons (Fsp3) is 0.0741. The molecule has 1 radical (unpaired) electrons. The van der Waals surface area contributed by atoms with Crippen molar-refractivity contribution in [3.8, 4) is 117 Å². The van der Waals surface area contributed by atoms with Gasteiger partial charge in [-0.2, -0.15) is 0 Å². The summed E-state index contributed by atoms with van der Waals surface area (Å²) in [5.41, 5.74) is 33.2. The fourth-order valence-electron chi connectivity index (χ4n) is 18.5. The third kappa shape index (κ3) is 11.6. The Balaban J connectivity index is 0.000000129. The van der Waals surface area contributed by atoms with Crippen molar-refractivity contribution in [2.24, 2.45) is 0 Å². The van der Waals surface area contributed by atoms with E-state index in [0.29, 0.717) is 13.4 Å². The van der Waals surface area contributed by atoms with Crippen LogP contribution in [0.3, 0.4) is 0 Å². The minimum absolute atomic E-state index is 0.108. The van der Waals surface area contributed by atoms with Crippen molar-refractivity contribution in [2.75, 3.05) is 0 Å². The van der Waals surface area contributed by atoms with Gasteiger partial charge < -0.3 is 18.8 Å². The molecule has 2 aromatic heterocycles. The number of halogens is 1. The molecule has 22 rings (SSSR count). The van der Waals surface area contributed by atoms with E-state index in [2.05, 4.69) is 406 Å². The fourth-order valence-corrected chi connectivity index (χ4v) is 18.8. The van der Waals surface area contributed by atoms with Gasteiger partial charge >= 0.3 is 7.69 Å². The van der Waals surface area contributed by atoms with Crippen LogP contribution in [0.15, 0.2) is 368 Å². The quantitative estimate of drug-likeness (QED) is 0.146. The normalized spacial score (nSPS) is 12.0. The molecule has 4 nitrogen and oxygen atoms in total. The summed E-state index contributed by atoms with van der Waals surface area (Å²) in [5, 5.41) is 23.9. The minimum Gasteiger partial charge on any atom is -0.537 e.